The van der Waals surface area contributed by atoms with Crippen LogP contribution in [0.25, 0.3) is 16.7 Å². The Hall–Kier alpha value is -1.82. The summed E-state index contributed by atoms with van der Waals surface area (Å²) in [5.74, 6) is 1.77. The van der Waals surface area contributed by atoms with Gasteiger partial charge in [0.2, 0.25) is 0 Å². The van der Waals surface area contributed by atoms with Crippen molar-refractivity contribution in [3.63, 3.8) is 0 Å². The first kappa shape index (κ1) is 19.0. The molecule has 0 saturated heterocycles. The first-order valence-corrected chi connectivity index (χ1v) is 10.5. The quantitative estimate of drug-likeness (QED) is 0.445. The second kappa shape index (κ2) is 9.21. The fourth-order valence-corrected chi connectivity index (χ4v) is 4.21. The van der Waals surface area contributed by atoms with E-state index in [1.54, 1.807) is 5.57 Å². The summed E-state index contributed by atoms with van der Waals surface area (Å²) >= 11 is 0. The summed E-state index contributed by atoms with van der Waals surface area (Å²) in [4.78, 5) is 0. The van der Waals surface area contributed by atoms with E-state index in [4.69, 9.17) is 0 Å². The Kier molecular flexibility index (Phi) is 6.72. The highest BCUT2D eigenvalue weighted by molar-refractivity contribution is 5.71. The smallest absolute Gasteiger partial charge is 0.0184 e. The number of aryl methyl sites for hydroxylation is 1. The van der Waals surface area contributed by atoms with E-state index in [9.17, 15) is 0 Å². The number of allylic oxidation sites excluding steroid dienone is 2. The lowest BCUT2D eigenvalue weighted by Crippen LogP contribution is -2.14. The van der Waals surface area contributed by atoms with Crippen molar-refractivity contribution in [3.8, 4) is 11.1 Å². The van der Waals surface area contributed by atoms with Crippen LogP contribution < -0.4 is 0 Å². The molecule has 138 valence electrons. The molecule has 0 amide bonds. The summed E-state index contributed by atoms with van der Waals surface area (Å²) < 4.78 is 0. The Balaban J connectivity index is 1.60. The van der Waals surface area contributed by atoms with Crippen LogP contribution in [0.5, 0.6) is 0 Å². The first-order valence-electron chi connectivity index (χ1n) is 10.5. The van der Waals surface area contributed by atoms with Crippen molar-refractivity contribution in [2.75, 3.05) is 0 Å². The molecule has 0 N–H and O–H groups in total. The van der Waals surface area contributed by atoms with Gasteiger partial charge in [-0.3, -0.25) is 0 Å². The molecule has 0 aliphatic heterocycles. The van der Waals surface area contributed by atoms with Gasteiger partial charge in [-0.1, -0.05) is 99.7 Å². The summed E-state index contributed by atoms with van der Waals surface area (Å²) in [5.41, 5.74) is 6.90. The molecule has 2 aromatic carbocycles. The highest BCUT2D eigenvalue weighted by Gasteiger charge is 2.20. The topological polar surface area (TPSA) is 0 Å². The maximum absolute atomic E-state index is 2.52. The van der Waals surface area contributed by atoms with Crippen LogP contribution in [0, 0.1) is 18.8 Å². The molecule has 1 aliphatic rings. The van der Waals surface area contributed by atoms with Crippen molar-refractivity contribution >= 4 is 5.57 Å². The molecule has 3 rings (SSSR count). The van der Waals surface area contributed by atoms with Gasteiger partial charge in [-0.2, -0.15) is 0 Å². The molecule has 0 nitrogen and oxygen atoms in total. The van der Waals surface area contributed by atoms with Crippen LogP contribution in [0.1, 0.15) is 69.9 Å². The van der Waals surface area contributed by atoms with Crippen molar-refractivity contribution < 1.29 is 0 Å². The van der Waals surface area contributed by atoms with Gasteiger partial charge >= 0.3 is 0 Å². The molecular weight excluding hydrogens is 312 g/mol. The molecule has 0 spiro atoms. The van der Waals surface area contributed by atoms with E-state index in [1.807, 2.05) is 0 Å². The molecule has 0 radical (unpaired) electrons. The summed E-state index contributed by atoms with van der Waals surface area (Å²) in [7, 11) is 0. The average molecular weight is 347 g/mol. The molecule has 2 aromatic rings. The third-order valence-electron chi connectivity index (χ3n) is 6.16. The monoisotopic (exact) mass is 346 g/mol. The molecule has 0 aromatic heterocycles. The van der Waals surface area contributed by atoms with Gasteiger partial charge in [0.05, 0.1) is 0 Å². The summed E-state index contributed by atoms with van der Waals surface area (Å²) in [6.45, 7) is 6.90. The zero-order chi connectivity index (χ0) is 18.4. The minimum atomic E-state index is 0.878. The van der Waals surface area contributed by atoms with Gasteiger partial charge in [-0.15, -0.1) is 0 Å². The van der Waals surface area contributed by atoms with E-state index in [-0.39, 0.29) is 0 Å². The number of rotatable bonds is 7. The fraction of sp³-hybridized carbons (Fsp3) is 0.462. The predicted molar refractivity (Wildman–Crippen MR) is 115 cm³/mol. The van der Waals surface area contributed by atoms with Gasteiger partial charge in [0, 0.05) is 0 Å². The van der Waals surface area contributed by atoms with Crippen molar-refractivity contribution in [2.45, 2.75) is 65.7 Å². The first-order chi connectivity index (χ1) is 12.7. The second-order valence-electron chi connectivity index (χ2n) is 8.18. The van der Waals surface area contributed by atoms with Gasteiger partial charge in [0.15, 0.2) is 0 Å². The maximum Gasteiger partial charge on any atom is -0.0184 e. The van der Waals surface area contributed by atoms with Gasteiger partial charge in [-0.25, -0.2) is 0 Å². The Morgan fingerprint density at radius 1 is 0.885 bits per heavy atom. The molecule has 0 heteroatoms. The van der Waals surface area contributed by atoms with Crippen LogP contribution in [0.15, 0.2) is 54.6 Å². The molecule has 2 atom stereocenters. The second-order valence-corrected chi connectivity index (χ2v) is 8.18. The van der Waals surface area contributed by atoms with Gasteiger partial charge < -0.3 is 0 Å². The highest BCUT2D eigenvalue weighted by atomic mass is 14.3. The van der Waals surface area contributed by atoms with Crippen LogP contribution in [-0.2, 0) is 0 Å². The Morgan fingerprint density at radius 2 is 1.50 bits per heavy atom. The third kappa shape index (κ3) is 4.87. The molecule has 0 heterocycles. The molecular formula is C26H34. The van der Waals surface area contributed by atoms with Crippen LogP contribution >= 0.6 is 0 Å². The SMILES string of the molecule is CCCCCC(C)C1CC=C(c2ccc(-c3ccc(C)cc3)cc2)CC1. The van der Waals surface area contributed by atoms with E-state index in [1.165, 1.54) is 67.2 Å². The van der Waals surface area contributed by atoms with E-state index < -0.39 is 0 Å². The van der Waals surface area contributed by atoms with E-state index in [0.717, 1.165) is 11.8 Å². The van der Waals surface area contributed by atoms with Gasteiger partial charge in [0.25, 0.3) is 0 Å². The Labute approximate surface area is 160 Å². The minimum absolute atomic E-state index is 0.878. The van der Waals surface area contributed by atoms with Gasteiger partial charge in [0.1, 0.15) is 0 Å². The normalized spacial score (nSPS) is 18.4. The Morgan fingerprint density at radius 3 is 2.08 bits per heavy atom. The lowest BCUT2D eigenvalue weighted by molar-refractivity contribution is 0.308. The van der Waals surface area contributed by atoms with Crippen LogP contribution in [0.4, 0.5) is 0 Å². The van der Waals surface area contributed by atoms with E-state index in [2.05, 4.69) is 75.4 Å². The predicted octanol–water partition coefficient (Wildman–Crippen LogP) is 8.06. The lowest BCUT2D eigenvalue weighted by atomic mass is 9.78. The number of hydrogen-bond donors (Lipinski definition) is 0. The minimum Gasteiger partial charge on any atom is -0.0804 e. The number of unbranched alkanes of at least 4 members (excludes halogenated alkanes) is 2. The zero-order valence-electron chi connectivity index (χ0n) is 16.8. The molecule has 0 saturated carbocycles. The maximum atomic E-state index is 2.52. The van der Waals surface area contributed by atoms with Crippen molar-refractivity contribution in [1.29, 1.82) is 0 Å². The van der Waals surface area contributed by atoms with Crippen molar-refractivity contribution in [3.05, 3.63) is 65.7 Å². The Bertz CT molecular complexity index is 703. The number of hydrogen-bond acceptors (Lipinski definition) is 0. The summed E-state index contributed by atoms with van der Waals surface area (Å²) in [6, 6.07) is 18.0. The van der Waals surface area contributed by atoms with Crippen molar-refractivity contribution in [1.82, 2.24) is 0 Å². The molecule has 2 unspecified atom stereocenters. The highest BCUT2D eigenvalue weighted by Crippen LogP contribution is 2.36. The van der Waals surface area contributed by atoms with Crippen molar-refractivity contribution in [2.24, 2.45) is 11.8 Å². The van der Waals surface area contributed by atoms with Crippen LogP contribution in [0.3, 0.4) is 0 Å². The van der Waals surface area contributed by atoms with Crippen LogP contribution in [0.2, 0.25) is 0 Å². The summed E-state index contributed by atoms with van der Waals surface area (Å²) in [5, 5.41) is 0. The lowest BCUT2D eigenvalue weighted by Gasteiger charge is -2.27. The molecule has 1 aliphatic carbocycles. The number of benzene rings is 2. The van der Waals surface area contributed by atoms with E-state index in [0.29, 0.717) is 0 Å². The summed E-state index contributed by atoms with van der Waals surface area (Å²) in [6.07, 6.45) is 11.9. The largest absolute Gasteiger partial charge is 0.0804 e. The molecule has 0 bridgehead atoms. The fourth-order valence-electron chi connectivity index (χ4n) is 4.21. The zero-order valence-corrected chi connectivity index (χ0v) is 16.8. The van der Waals surface area contributed by atoms with E-state index >= 15 is 0 Å². The average Bonchev–Trinajstić information content (AvgIpc) is 2.69. The third-order valence-corrected chi connectivity index (χ3v) is 6.16. The molecule has 0 fully saturated rings. The van der Waals surface area contributed by atoms with Crippen LogP contribution in [-0.4, -0.2) is 0 Å². The molecule has 26 heavy (non-hydrogen) atoms. The van der Waals surface area contributed by atoms with Gasteiger partial charge in [-0.05, 0) is 60.3 Å². The standard InChI is InChI=1S/C26H34/c1-4-5-6-7-21(3)22-12-14-24(15-13-22)26-18-16-25(17-19-26)23-10-8-20(2)9-11-23/h8-11,14,16-19,21-22H,4-7,12-13,15H2,1-3H3.